The molecule has 1 saturated heterocycles. The largest absolute Gasteiger partial charge is 0.378 e. The fraction of sp³-hybridized carbons (Fsp3) is 0.714. The summed E-state index contributed by atoms with van der Waals surface area (Å²) in [6.07, 6.45) is 5.05. The molecule has 0 unspecified atom stereocenters. The van der Waals surface area contributed by atoms with E-state index >= 15 is 0 Å². The van der Waals surface area contributed by atoms with Gasteiger partial charge in [-0.1, -0.05) is 0 Å². The van der Waals surface area contributed by atoms with Crippen molar-refractivity contribution in [3.05, 3.63) is 18.0 Å². The molecule has 104 valence electrons. The second-order valence-electron chi connectivity index (χ2n) is 5.47. The average molecular weight is 263 g/mol. The van der Waals surface area contributed by atoms with Crippen molar-refractivity contribution in [1.82, 2.24) is 15.1 Å². The number of ether oxygens (including phenoxy) is 1. The fourth-order valence-electron chi connectivity index (χ4n) is 2.99. The van der Waals surface area contributed by atoms with Gasteiger partial charge >= 0.3 is 0 Å². The maximum atomic E-state index is 12.4. The number of hydrogen-bond donors (Lipinski definition) is 1. The Morgan fingerprint density at radius 1 is 1.63 bits per heavy atom. The highest BCUT2D eigenvalue weighted by molar-refractivity contribution is 5.82. The highest BCUT2D eigenvalue weighted by Gasteiger charge is 2.46. The van der Waals surface area contributed by atoms with E-state index in [0.717, 1.165) is 38.0 Å². The Morgan fingerprint density at radius 2 is 2.53 bits per heavy atom. The molecule has 2 fully saturated rings. The molecule has 0 spiro atoms. The number of H-pyrrole nitrogens is 1. The van der Waals surface area contributed by atoms with Gasteiger partial charge in [0.05, 0.1) is 12.0 Å². The van der Waals surface area contributed by atoms with E-state index in [-0.39, 0.29) is 17.9 Å². The average Bonchev–Trinajstić information content (AvgIpc) is 3.00. The summed E-state index contributed by atoms with van der Waals surface area (Å²) in [6.45, 7) is 4.38. The minimum atomic E-state index is 0.112. The molecule has 1 N–H and O–H groups in total. The molecule has 3 rings (SSSR count). The van der Waals surface area contributed by atoms with Gasteiger partial charge in [-0.05, 0) is 32.3 Å². The number of rotatable bonds is 4. The molecule has 0 aromatic carbocycles. The number of carbonyl (C=O) groups excluding carboxylic acids is 1. The van der Waals surface area contributed by atoms with Crippen molar-refractivity contribution < 1.29 is 9.53 Å². The Balaban J connectivity index is 1.58. The van der Waals surface area contributed by atoms with E-state index < -0.39 is 0 Å². The summed E-state index contributed by atoms with van der Waals surface area (Å²) in [5.41, 5.74) is 1.15. The quantitative estimate of drug-likeness (QED) is 0.896. The van der Waals surface area contributed by atoms with Gasteiger partial charge in [-0.3, -0.25) is 9.89 Å². The molecule has 0 radical (unpaired) electrons. The number of nitrogens with zero attached hydrogens (tertiary/aromatic N) is 2. The molecule has 2 aliphatic rings. The van der Waals surface area contributed by atoms with Gasteiger partial charge < -0.3 is 9.64 Å². The number of carbonyl (C=O) groups is 1. The summed E-state index contributed by atoms with van der Waals surface area (Å²) < 4.78 is 5.51. The number of nitrogens with one attached hydrogen (secondary N) is 1. The summed E-state index contributed by atoms with van der Waals surface area (Å²) >= 11 is 0. The first-order valence-electron chi connectivity index (χ1n) is 7.19. The lowest BCUT2D eigenvalue weighted by atomic mass is 9.94. The molecule has 5 nitrogen and oxygen atoms in total. The summed E-state index contributed by atoms with van der Waals surface area (Å²) in [6, 6.07) is 2.01. The van der Waals surface area contributed by atoms with E-state index in [2.05, 4.69) is 10.2 Å². The van der Waals surface area contributed by atoms with Crippen molar-refractivity contribution in [1.29, 1.82) is 0 Å². The zero-order chi connectivity index (χ0) is 13.2. The highest BCUT2D eigenvalue weighted by Crippen LogP contribution is 2.37. The van der Waals surface area contributed by atoms with Crippen LogP contribution in [0.3, 0.4) is 0 Å². The first-order valence-corrected chi connectivity index (χ1v) is 7.19. The topological polar surface area (TPSA) is 58.2 Å². The van der Waals surface area contributed by atoms with Crippen molar-refractivity contribution in [2.24, 2.45) is 5.92 Å². The third-order valence-electron chi connectivity index (χ3n) is 4.13. The predicted molar refractivity (Wildman–Crippen MR) is 70.7 cm³/mol. The van der Waals surface area contributed by atoms with Gasteiger partial charge in [0.1, 0.15) is 0 Å². The van der Waals surface area contributed by atoms with Crippen molar-refractivity contribution in [3.8, 4) is 0 Å². The normalized spacial score (nSPS) is 30.4. The van der Waals surface area contributed by atoms with Gasteiger partial charge in [0.15, 0.2) is 0 Å². The van der Waals surface area contributed by atoms with Gasteiger partial charge in [-0.2, -0.15) is 5.10 Å². The zero-order valence-corrected chi connectivity index (χ0v) is 11.3. The van der Waals surface area contributed by atoms with Crippen LogP contribution >= 0.6 is 0 Å². The number of piperidine rings is 1. The van der Waals surface area contributed by atoms with Crippen LogP contribution < -0.4 is 0 Å². The maximum absolute atomic E-state index is 12.4. The van der Waals surface area contributed by atoms with Crippen LogP contribution in [0.2, 0.25) is 0 Å². The second kappa shape index (κ2) is 5.33. The molecule has 1 aromatic heterocycles. The standard InChI is InChI=1S/C14H21N3O2/c1-2-19-13-8-11(13)14(18)17-7-3-4-10(9-17)12-5-6-15-16-12/h5-6,10-11,13H,2-4,7-9H2,1H3,(H,15,16)/t10-,11+,13+/m0/s1. The molecule has 1 aliphatic carbocycles. The fourth-order valence-corrected chi connectivity index (χ4v) is 2.99. The summed E-state index contributed by atoms with van der Waals surface area (Å²) in [7, 11) is 0. The van der Waals surface area contributed by atoms with E-state index in [9.17, 15) is 4.79 Å². The molecule has 1 amide bonds. The van der Waals surface area contributed by atoms with Crippen LogP contribution in [0.15, 0.2) is 12.3 Å². The first kappa shape index (κ1) is 12.7. The van der Waals surface area contributed by atoms with E-state index in [0.29, 0.717) is 12.5 Å². The lowest BCUT2D eigenvalue weighted by Crippen LogP contribution is -2.40. The number of aromatic nitrogens is 2. The van der Waals surface area contributed by atoms with Crippen LogP contribution in [0.25, 0.3) is 0 Å². The molecule has 5 heteroatoms. The Hall–Kier alpha value is -1.36. The highest BCUT2D eigenvalue weighted by atomic mass is 16.5. The van der Waals surface area contributed by atoms with Crippen LogP contribution in [-0.2, 0) is 9.53 Å². The molecular formula is C14H21N3O2. The van der Waals surface area contributed by atoms with Gasteiger partial charge in [-0.25, -0.2) is 0 Å². The SMILES string of the molecule is CCO[C@@H]1C[C@H]1C(=O)N1CCC[C@H](c2ccn[nH]2)C1. The summed E-state index contributed by atoms with van der Waals surface area (Å²) in [5.74, 6) is 0.799. The van der Waals surface area contributed by atoms with Gasteiger partial charge in [0.2, 0.25) is 5.91 Å². The summed E-state index contributed by atoms with van der Waals surface area (Å²) in [5, 5.41) is 7.03. The van der Waals surface area contributed by atoms with E-state index in [4.69, 9.17) is 4.74 Å². The molecule has 2 heterocycles. The summed E-state index contributed by atoms with van der Waals surface area (Å²) in [4.78, 5) is 14.4. The minimum Gasteiger partial charge on any atom is -0.378 e. The molecule has 3 atom stereocenters. The number of likely N-dealkylation sites (tertiary alicyclic amines) is 1. The van der Waals surface area contributed by atoms with Crippen LogP contribution in [0.5, 0.6) is 0 Å². The molecule has 1 saturated carbocycles. The first-order chi connectivity index (χ1) is 9.29. The zero-order valence-electron chi connectivity index (χ0n) is 11.3. The van der Waals surface area contributed by atoms with E-state index in [1.165, 1.54) is 0 Å². The third kappa shape index (κ3) is 2.66. The van der Waals surface area contributed by atoms with Crippen LogP contribution in [0.1, 0.15) is 37.8 Å². The second-order valence-corrected chi connectivity index (χ2v) is 5.47. The van der Waals surface area contributed by atoms with Crippen LogP contribution in [0, 0.1) is 5.92 Å². The number of aromatic amines is 1. The molecule has 0 bridgehead atoms. The van der Waals surface area contributed by atoms with Crippen molar-refractivity contribution >= 4 is 5.91 Å². The molecule has 1 aromatic rings. The van der Waals surface area contributed by atoms with Gasteiger partial charge in [0.25, 0.3) is 0 Å². The molecule has 19 heavy (non-hydrogen) atoms. The predicted octanol–water partition coefficient (Wildman–Crippen LogP) is 1.54. The smallest absolute Gasteiger partial charge is 0.228 e. The Bertz CT molecular complexity index is 432. The lowest BCUT2D eigenvalue weighted by Gasteiger charge is -2.32. The third-order valence-corrected chi connectivity index (χ3v) is 4.13. The van der Waals surface area contributed by atoms with Crippen LogP contribution in [0.4, 0.5) is 0 Å². The number of hydrogen-bond acceptors (Lipinski definition) is 3. The monoisotopic (exact) mass is 263 g/mol. The van der Waals surface area contributed by atoms with Crippen molar-refractivity contribution in [3.63, 3.8) is 0 Å². The Morgan fingerprint density at radius 3 is 3.26 bits per heavy atom. The van der Waals surface area contributed by atoms with Gasteiger partial charge in [0, 0.05) is 37.5 Å². The van der Waals surface area contributed by atoms with Crippen LogP contribution in [-0.4, -0.2) is 46.8 Å². The van der Waals surface area contributed by atoms with Gasteiger partial charge in [-0.15, -0.1) is 0 Å². The molecule has 1 aliphatic heterocycles. The van der Waals surface area contributed by atoms with E-state index in [1.54, 1.807) is 6.20 Å². The maximum Gasteiger partial charge on any atom is 0.228 e. The number of amides is 1. The van der Waals surface area contributed by atoms with E-state index in [1.807, 2.05) is 17.9 Å². The lowest BCUT2D eigenvalue weighted by molar-refractivity contribution is -0.134. The Labute approximate surface area is 113 Å². The minimum absolute atomic E-state index is 0.112. The van der Waals surface area contributed by atoms with Crippen molar-refractivity contribution in [2.45, 2.75) is 38.2 Å². The molecular weight excluding hydrogens is 242 g/mol. The Kier molecular flexibility index (Phi) is 3.55. The van der Waals surface area contributed by atoms with Crippen molar-refractivity contribution in [2.75, 3.05) is 19.7 Å².